The van der Waals surface area contributed by atoms with Crippen LogP contribution in [0.15, 0.2) is 4.52 Å². The predicted octanol–water partition coefficient (Wildman–Crippen LogP) is 1.86. The van der Waals surface area contributed by atoms with E-state index in [1.165, 1.54) is 12.8 Å². The summed E-state index contributed by atoms with van der Waals surface area (Å²) < 4.78 is 5.12. The quantitative estimate of drug-likeness (QED) is 0.784. The van der Waals surface area contributed by atoms with E-state index in [-0.39, 0.29) is 6.61 Å². The molecule has 1 saturated carbocycles. The van der Waals surface area contributed by atoms with Crippen LogP contribution in [0.5, 0.6) is 0 Å². The highest BCUT2D eigenvalue weighted by molar-refractivity contribution is 4.95. The van der Waals surface area contributed by atoms with Gasteiger partial charge in [-0.05, 0) is 18.8 Å². The molecule has 0 radical (unpaired) electrons. The molecular weight excluding hydrogens is 180 g/mol. The molecule has 2 rings (SSSR count). The third-order valence-electron chi connectivity index (χ3n) is 2.91. The van der Waals surface area contributed by atoms with Crippen LogP contribution in [-0.2, 0) is 6.61 Å². The lowest BCUT2D eigenvalue weighted by Gasteiger charge is -2.23. The molecule has 78 valence electrons. The first-order chi connectivity index (χ1) is 6.79. The zero-order valence-corrected chi connectivity index (χ0v) is 8.44. The van der Waals surface area contributed by atoms with Gasteiger partial charge in [0.15, 0.2) is 5.82 Å². The molecule has 1 heterocycles. The lowest BCUT2D eigenvalue weighted by molar-refractivity contribution is 0.256. The summed E-state index contributed by atoms with van der Waals surface area (Å²) in [5, 5.41) is 12.5. The van der Waals surface area contributed by atoms with Gasteiger partial charge in [-0.15, -0.1) is 0 Å². The Morgan fingerprint density at radius 2 is 2.36 bits per heavy atom. The number of aliphatic hydroxyl groups excluding tert-OH is 1. The Bertz CT molecular complexity index is 298. The molecule has 0 aromatic carbocycles. The van der Waals surface area contributed by atoms with Crippen LogP contribution >= 0.6 is 0 Å². The average molecular weight is 196 g/mol. The van der Waals surface area contributed by atoms with Gasteiger partial charge in [0.1, 0.15) is 6.61 Å². The van der Waals surface area contributed by atoms with Crippen molar-refractivity contribution in [3.05, 3.63) is 11.7 Å². The lowest BCUT2D eigenvalue weighted by atomic mass is 9.82. The third-order valence-corrected chi connectivity index (χ3v) is 2.91. The standard InChI is InChI=1S/C10H16N2O2/c1-7-3-2-4-8(5-7)10-11-9(6-13)12-14-10/h7-8,13H,2-6H2,1H3. The first kappa shape index (κ1) is 9.65. The fraction of sp³-hybridized carbons (Fsp3) is 0.800. The molecule has 1 N–H and O–H groups in total. The van der Waals surface area contributed by atoms with Gasteiger partial charge in [0.2, 0.25) is 5.89 Å². The summed E-state index contributed by atoms with van der Waals surface area (Å²) in [4.78, 5) is 4.16. The van der Waals surface area contributed by atoms with Crippen molar-refractivity contribution in [1.29, 1.82) is 0 Å². The molecule has 14 heavy (non-hydrogen) atoms. The molecule has 0 amide bonds. The molecule has 4 heteroatoms. The van der Waals surface area contributed by atoms with Crippen LogP contribution in [-0.4, -0.2) is 15.2 Å². The van der Waals surface area contributed by atoms with Crippen LogP contribution in [0.3, 0.4) is 0 Å². The number of aliphatic hydroxyl groups is 1. The normalized spacial score (nSPS) is 27.9. The zero-order valence-electron chi connectivity index (χ0n) is 8.44. The summed E-state index contributed by atoms with van der Waals surface area (Å²) in [5.41, 5.74) is 0. The van der Waals surface area contributed by atoms with Gasteiger partial charge in [-0.25, -0.2) is 0 Å². The average Bonchev–Trinajstić information content (AvgIpc) is 2.66. The number of hydrogen-bond acceptors (Lipinski definition) is 4. The van der Waals surface area contributed by atoms with Gasteiger partial charge in [-0.1, -0.05) is 24.9 Å². The fourth-order valence-corrected chi connectivity index (χ4v) is 2.16. The van der Waals surface area contributed by atoms with Crippen molar-refractivity contribution in [2.45, 2.75) is 45.1 Å². The number of nitrogens with zero attached hydrogens (tertiary/aromatic N) is 2. The van der Waals surface area contributed by atoms with Gasteiger partial charge in [-0.2, -0.15) is 4.98 Å². The summed E-state index contributed by atoms with van der Waals surface area (Å²) in [6.45, 7) is 2.13. The number of hydrogen-bond donors (Lipinski definition) is 1. The third kappa shape index (κ3) is 1.95. The maximum Gasteiger partial charge on any atom is 0.229 e. The molecule has 1 aliphatic rings. The Morgan fingerprint density at radius 1 is 1.50 bits per heavy atom. The fourth-order valence-electron chi connectivity index (χ4n) is 2.16. The van der Waals surface area contributed by atoms with E-state index in [1.54, 1.807) is 0 Å². The summed E-state index contributed by atoms with van der Waals surface area (Å²) >= 11 is 0. The van der Waals surface area contributed by atoms with E-state index in [9.17, 15) is 0 Å². The Kier molecular flexibility index (Phi) is 2.82. The van der Waals surface area contributed by atoms with Crippen LogP contribution in [0, 0.1) is 5.92 Å². The van der Waals surface area contributed by atoms with Crippen molar-refractivity contribution in [3.8, 4) is 0 Å². The summed E-state index contributed by atoms with van der Waals surface area (Å²) in [6.07, 6.45) is 4.81. The highest BCUT2D eigenvalue weighted by atomic mass is 16.5. The van der Waals surface area contributed by atoms with Gasteiger partial charge in [0.05, 0.1) is 0 Å². The van der Waals surface area contributed by atoms with Gasteiger partial charge >= 0.3 is 0 Å². The van der Waals surface area contributed by atoms with Crippen molar-refractivity contribution < 1.29 is 9.63 Å². The van der Waals surface area contributed by atoms with E-state index in [2.05, 4.69) is 17.1 Å². The molecule has 4 nitrogen and oxygen atoms in total. The molecular formula is C10H16N2O2. The SMILES string of the molecule is CC1CCCC(c2nc(CO)no2)C1. The van der Waals surface area contributed by atoms with Crippen molar-refractivity contribution in [3.63, 3.8) is 0 Å². The van der Waals surface area contributed by atoms with Crippen LogP contribution in [0.1, 0.15) is 50.2 Å². The van der Waals surface area contributed by atoms with Gasteiger partial charge in [0.25, 0.3) is 0 Å². The Balaban J connectivity index is 2.06. The van der Waals surface area contributed by atoms with E-state index in [0.717, 1.165) is 18.8 Å². The van der Waals surface area contributed by atoms with Crippen LogP contribution in [0.4, 0.5) is 0 Å². The molecule has 2 atom stereocenters. The second-order valence-corrected chi connectivity index (χ2v) is 4.18. The minimum absolute atomic E-state index is 0.133. The number of aromatic nitrogens is 2. The molecule has 0 aliphatic heterocycles. The second kappa shape index (κ2) is 4.09. The van der Waals surface area contributed by atoms with Crippen LogP contribution < -0.4 is 0 Å². The van der Waals surface area contributed by atoms with E-state index >= 15 is 0 Å². The van der Waals surface area contributed by atoms with Crippen molar-refractivity contribution in [2.75, 3.05) is 0 Å². The predicted molar refractivity (Wildman–Crippen MR) is 50.6 cm³/mol. The Hall–Kier alpha value is -0.900. The molecule has 1 aromatic heterocycles. The monoisotopic (exact) mass is 196 g/mol. The second-order valence-electron chi connectivity index (χ2n) is 4.18. The molecule has 0 spiro atoms. The van der Waals surface area contributed by atoms with Gasteiger partial charge < -0.3 is 9.63 Å². The molecule has 1 aromatic rings. The van der Waals surface area contributed by atoms with E-state index < -0.39 is 0 Å². The maximum absolute atomic E-state index is 8.82. The summed E-state index contributed by atoms with van der Waals surface area (Å²) in [7, 11) is 0. The summed E-state index contributed by atoms with van der Waals surface area (Å²) in [5.74, 6) is 2.27. The first-order valence-electron chi connectivity index (χ1n) is 5.23. The Morgan fingerprint density at radius 3 is 3.00 bits per heavy atom. The minimum Gasteiger partial charge on any atom is -0.388 e. The molecule has 1 aliphatic carbocycles. The van der Waals surface area contributed by atoms with E-state index in [0.29, 0.717) is 17.6 Å². The zero-order chi connectivity index (χ0) is 9.97. The first-order valence-corrected chi connectivity index (χ1v) is 5.23. The Labute approximate surface area is 83.3 Å². The lowest BCUT2D eigenvalue weighted by Crippen LogP contribution is -2.11. The maximum atomic E-state index is 8.82. The molecule has 0 bridgehead atoms. The minimum atomic E-state index is -0.133. The van der Waals surface area contributed by atoms with Gasteiger partial charge in [0, 0.05) is 5.92 Å². The van der Waals surface area contributed by atoms with E-state index in [1.807, 2.05) is 0 Å². The smallest absolute Gasteiger partial charge is 0.229 e. The topological polar surface area (TPSA) is 59.2 Å². The molecule has 0 saturated heterocycles. The van der Waals surface area contributed by atoms with Crippen LogP contribution in [0.2, 0.25) is 0 Å². The number of rotatable bonds is 2. The van der Waals surface area contributed by atoms with Crippen molar-refractivity contribution >= 4 is 0 Å². The highest BCUT2D eigenvalue weighted by Gasteiger charge is 2.24. The van der Waals surface area contributed by atoms with E-state index in [4.69, 9.17) is 9.63 Å². The van der Waals surface area contributed by atoms with Gasteiger partial charge in [-0.3, -0.25) is 0 Å². The largest absolute Gasteiger partial charge is 0.388 e. The van der Waals surface area contributed by atoms with Crippen molar-refractivity contribution in [1.82, 2.24) is 10.1 Å². The summed E-state index contributed by atoms with van der Waals surface area (Å²) in [6, 6.07) is 0. The highest BCUT2D eigenvalue weighted by Crippen LogP contribution is 2.34. The van der Waals surface area contributed by atoms with Crippen LogP contribution in [0.25, 0.3) is 0 Å². The molecule has 2 unspecified atom stereocenters. The van der Waals surface area contributed by atoms with Crippen molar-refractivity contribution in [2.24, 2.45) is 5.92 Å². The molecule has 1 fully saturated rings.